The van der Waals surface area contributed by atoms with E-state index >= 15 is 0 Å². The lowest BCUT2D eigenvalue weighted by molar-refractivity contribution is 0.296. The molecule has 2 heterocycles. The molecule has 0 spiro atoms. The highest BCUT2D eigenvalue weighted by Crippen LogP contribution is 2.33. The molecule has 0 aliphatic carbocycles. The third kappa shape index (κ3) is 3.50. The predicted octanol–water partition coefficient (Wildman–Crippen LogP) is 5.56. The minimum atomic E-state index is -0.377. The number of hydrogen-bond acceptors (Lipinski definition) is 5. The van der Waals surface area contributed by atoms with Crippen molar-refractivity contribution in [2.45, 2.75) is 20.4 Å². The van der Waals surface area contributed by atoms with Crippen LogP contribution in [0.25, 0.3) is 31.8 Å². The van der Waals surface area contributed by atoms with Crippen molar-refractivity contribution in [1.29, 1.82) is 0 Å². The lowest BCUT2D eigenvalue weighted by Gasteiger charge is -2.17. The second-order valence-corrected chi connectivity index (χ2v) is 7.82. The summed E-state index contributed by atoms with van der Waals surface area (Å²) in [6.45, 7) is 7.09. The first kappa shape index (κ1) is 18.2. The summed E-state index contributed by atoms with van der Waals surface area (Å²) < 4.78 is 6.57. The molecule has 0 saturated carbocycles. The molecule has 4 aromatic rings. The van der Waals surface area contributed by atoms with Crippen molar-refractivity contribution in [2.75, 3.05) is 13.1 Å². The van der Waals surface area contributed by atoms with Gasteiger partial charge in [-0.2, -0.15) is 0 Å². The highest BCUT2D eigenvalue weighted by Gasteiger charge is 2.14. The fourth-order valence-corrected chi connectivity index (χ4v) is 4.41. The van der Waals surface area contributed by atoms with E-state index in [4.69, 9.17) is 16.0 Å². The zero-order chi connectivity index (χ0) is 19.0. The number of hydrogen-bond donors (Lipinski definition) is 0. The van der Waals surface area contributed by atoms with E-state index < -0.39 is 0 Å². The molecule has 27 heavy (non-hydrogen) atoms. The Hall–Kier alpha value is -2.21. The van der Waals surface area contributed by atoms with Gasteiger partial charge in [0.25, 0.3) is 0 Å². The average Bonchev–Trinajstić information content (AvgIpc) is 3.11. The van der Waals surface area contributed by atoms with Gasteiger partial charge in [0.15, 0.2) is 0 Å². The quantitative estimate of drug-likeness (QED) is 0.412. The Balaban J connectivity index is 1.77. The number of fused-ring (bicyclic) bond motifs is 2. The Morgan fingerprint density at radius 3 is 2.70 bits per heavy atom. The van der Waals surface area contributed by atoms with Crippen molar-refractivity contribution in [2.24, 2.45) is 0 Å². The number of halogens is 1. The van der Waals surface area contributed by atoms with Gasteiger partial charge in [0, 0.05) is 11.9 Å². The first-order valence-electron chi connectivity index (χ1n) is 8.93. The van der Waals surface area contributed by atoms with Crippen molar-refractivity contribution in [3.63, 3.8) is 0 Å². The summed E-state index contributed by atoms with van der Waals surface area (Å²) in [6.07, 6.45) is 0. The maximum atomic E-state index is 12.6. The van der Waals surface area contributed by atoms with E-state index in [2.05, 4.69) is 29.8 Å². The summed E-state index contributed by atoms with van der Waals surface area (Å²) >= 11 is 7.66. The van der Waals surface area contributed by atoms with Crippen LogP contribution < -0.4 is 5.63 Å². The summed E-state index contributed by atoms with van der Waals surface area (Å²) in [5.74, 6) is 0. The van der Waals surface area contributed by atoms with Crippen LogP contribution in [0, 0.1) is 0 Å². The molecule has 0 radical (unpaired) electrons. The number of para-hydroxylation sites is 1. The lowest BCUT2D eigenvalue weighted by Crippen LogP contribution is -2.22. The van der Waals surface area contributed by atoms with Crippen molar-refractivity contribution >= 4 is 44.1 Å². The maximum absolute atomic E-state index is 12.6. The van der Waals surface area contributed by atoms with Crippen molar-refractivity contribution in [3.05, 3.63) is 63.5 Å². The predicted molar refractivity (Wildman–Crippen MR) is 113 cm³/mol. The van der Waals surface area contributed by atoms with Crippen molar-refractivity contribution in [3.8, 4) is 10.6 Å². The van der Waals surface area contributed by atoms with E-state index in [1.165, 1.54) is 11.3 Å². The molecule has 0 unspecified atom stereocenters. The first-order valence-corrected chi connectivity index (χ1v) is 10.1. The number of thiazole rings is 1. The fraction of sp³-hybridized carbons (Fsp3) is 0.238. The van der Waals surface area contributed by atoms with Crippen LogP contribution >= 0.6 is 22.9 Å². The van der Waals surface area contributed by atoms with E-state index in [0.29, 0.717) is 26.7 Å². The zero-order valence-electron chi connectivity index (χ0n) is 15.2. The molecule has 0 saturated heterocycles. The Bertz CT molecular complexity index is 1180. The van der Waals surface area contributed by atoms with Gasteiger partial charge in [0.05, 0.1) is 15.3 Å². The molecule has 0 atom stereocenters. The monoisotopic (exact) mass is 398 g/mol. The van der Waals surface area contributed by atoms with Crippen LogP contribution in [-0.4, -0.2) is 23.0 Å². The Kier molecular flexibility index (Phi) is 5.00. The molecular weight excluding hydrogens is 380 g/mol. The standard InChI is InChI=1S/C21H19ClN2O2S/c1-3-24(4-2)12-13-8-9-14-11-15(21(25)26-17(14)10-13)20-23-19-16(22)6-5-7-18(19)27-20/h5-11H,3-4,12H2,1-2H3. The molecule has 0 bridgehead atoms. The molecule has 138 valence electrons. The number of rotatable bonds is 5. The average molecular weight is 399 g/mol. The summed E-state index contributed by atoms with van der Waals surface area (Å²) in [4.78, 5) is 19.5. The van der Waals surface area contributed by atoms with Crippen LogP contribution in [0.5, 0.6) is 0 Å². The molecule has 0 aliphatic rings. The summed E-state index contributed by atoms with van der Waals surface area (Å²) in [5, 5.41) is 2.10. The molecule has 0 N–H and O–H groups in total. The van der Waals surface area contributed by atoms with Gasteiger partial charge < -0.3 is 4.42 Å². The minimum Gasteiger partial charge on any atom is -0.422 e. The summed E-state index contributed by atoms with van der Waals surface area (Å²) in [6, 6.07) is 13.5. The van der Waals surface area contributed by atoms with Gasteiger partial charge in [0.1, 0.15) is 16.1 Å². The minimum absolute atomic E-state index is 0.377. The van der Waals surface area contributed by atoms with Gasteiger partial charge in [0.2, 0.25) is 0 Å². The molecule has 6 heteroatoms. The SMILES string of the molecule is CCN(CC)Cc1ccc2cc(-c3nc4c(Cl)cccc4s3)c(=O)oc2c1. The number of benzene rings is 2. The molecule has 0 fully saturated rings. The molecule has 4 rings (SSSR count). The molecule has 2 aromatic heterocycles. The van der Waals surface area contributed by atoms with Crippen LogP contribution in [-0.2, 0) is 6.54 Å². The third-order valence-electron chi connectivity index (χ3n) is 4.70. The van der Waals surface area contributed by atoms with Crippen LogP contribution in [0.15, 0.2) is 51.7 Å². The first-order chi connectivity index (χ1) is 13.1. The number of aromatic nitrogens is 1. The summed E-state index contributed by atoms with van der Waals surface area (Å²) in [7, 11) is 0. The number of nitrogens with zero attached hydrogens (tertiary/aromatic N) is 2. The van der Waals surface area contributed by atoms with Crippen molar-refractivity contribution < 1.29 is 4.42 Å². The van der Waals surface area contributed by atoms with Gasteiger partial charge >= 0.3 is 5.63 Å². The van der Waals surface area contributed by atoms with Gasteiger partial charge in [-0.3, -0.25) is 4.90 Å². The normalized spacial score (nSPS) is 11.7. The maximum Gasteiger partial charge on any atom is 0.346 e. The van der Waals surface area contributed by atoms with Gasteiger partial charge in [-0.15, -0.1) is 11.3 Å². The van der Waals surface area contributed by atoms with E-state index in [1.807, 2.05) is 30.3 Å². The Morgan fingerprint density at radius 1 is 1.15 bits per heavy atom. The smallest absolute Gasteiger partial charge is 0.346 e. The second kappa shape index (κ2) is 7.43. The second-order valence-electron chi connectivity index (χ2n) is 6.39. The van der Waals surface area contributed by atoms with Crippen LogP contribution in [0.3, 0.4) is 0 Å². The lowest BCUT2D eigenvalue weighted by atomic mass is 10.1. The molecule has 2 aromatic carbocycles. The van der Waals surface area contributed by atoms with E-state index in [-0.39, 0.29) is 5.63 Å². The van der Waals surface area contributed by atoms with Gasteiger partial charge in [-0.1, -0.05) is 43.6 Å². The Labute approximate surface area is 166 Å². The van der Waals surface area contributed by atoms with Gasteiger partial charge in [-0.25, -0.2) is 9.78 Å². The highest BCUT2D eigenvalue weighted by molar-refractivity contribution is 7.21. The van der Waals surface area contributed by atoms with E-state index in [1.54, 1.807) is 6.07 Å². The van der Waals surface area contributed by atoms with Crippen LogP contribution in [0.2, 0.25) is 5.02 Å². The van der Waals surface area contributed by atoms with E-state index in [9.17, 15) is 4.79 Å². The highest BCUT2D eigenvalue weighted by atomic mass is 35.5. The third-order valence-corrected chi connectivity index (χ3v) is 6.06. The molecule has 0 aliphatic heterocycles. The zero-order valence-corrected chi connectivity index (χ0v) is 16.7. The fourth-order valence-electron chi connectivity index (χ4n) is 3.14. The molecule has 0 amide bonds. The topological polar surface area (TPSA) is 46.3 Å². The van der Waals surface area contributed by atoms with Crippen LogP contribution in [0.1, 0.15) is 19.4 Å². The molecule has 4 nitrogen and oxygen atoms in total. The van der Waals surface area contributed by atoms with Crippen molar-refractivity contribution in [1.82, 2.24) is 9.88 Å². The van der Waals surface area contributed by atoms with Crippen LogP contribution in [0.4, 0.5) is 0 Å². The Morgan fingerprint density at radius 2 is 1.96 bits per heavy atom. The largest absolute Gasteiger partial charge is 0.422 e. The summed E-state index contributed by atoms with van der Waals surface area (Å²) in [5.41, 5.74) is 2.54. The van der Waals surface area contributed by atoms with Gasteiger partial charge in [-0.05, 0) is 42.9 Å². The van der Waals surface area contributed by atoms with E-state index in [0.717, 1.165) is 35.3 Å². The molecular formula is C21H19ClN2O2S.